The van der Waals surface area contributed by atoms with Gasteiger partial charge in [0.2, 0.25) is 5.91 Å². The molecule has 102 valence electrons. The summed E-state index contributed by atoms with van der Waals surface area (Å²) in [6, 6.07) is 0. The maximum Gasteiger partial charge on any atom is 0.233 e. The first kappa shape index (κ1) is 13.7. The fourth-order valence-electron chi connectivity index (χ4n) is 3.06. The number of amides is 1. The molecule has 0 spiro atoms. The van der Waals surface area contributed by atoms with Gasteiger partial charge in [0.05, 0.1) is 16.0 Å². The van der Waals surface area contributed by atoms with E-state index < -0.39 is 5.41 Å². The quantitative estimate of drug-likeness (QED) is 0.741. The van der Waals surface area contributed by atoms with Gasteiger partial charge < -0.3 is 15.8 Å². The highest BCUT2D eigenvalue weighted by Gasteiger charge is 2.51. The molecule has 0 atom stereocenters. The van der Waals surface area contributed by atoms with Crippen LogP contribution in [0.2, 0.25) is 0 Å². The van der Waals surface area contributed by atoms with Gasteiger partial charge in [0.1, 0.15) is 0 Å². The van der Waals surface area contributed by atoms with Gasteiger partial charge in [-0.05, 0) is 38.0 Å². The maximum atomic E-state index is 12.3. The normalized spacial score (nSPS) is 33.1. The molecule has 0 aromatic heterocycles. The zero-order valence-corrected chi connectivity index (χ0v) is 11.9. The smallest absolute Gasteiger partial charge is 0.233 e. The van der Waals surface area contributed by atoms with Crippen LogP contribution >= 0.6 is 12.2 Å². The third-order valence-electron chi connectivity index (χ3n) is 4.57. The minimum Gasteiger partial charge on any atom is -0.392 e. The number of ether oxygens (including phenoxy) is 1. The van der Waals surface area contributed by atoms with Crippen molar-refractivity contribution in [2.24, 2.45) is 17.1 Å². The molecule has 18 heavy (non-hydrogen) atoms. The Hall–Kier alpha value is -0.680. The third kappa shape index (κ3) is 2.14. The first-order valence-corrected chi connectivity index (χ1v) is 6.98. The fraction of sp³-hybridized carbons (Fsp3) is 0.846. The number of hydrogen-bond acceptors (Lipinski definition) is 3. The summed E-state index contributed by atoms with van der Waals surface area (Å²) in [7, 11) is 1.71. The van der Waals surface area contributed by atoms with Crippen LogP contribution in [-0.2, 0) is 9.53 Å². The number of nitrogens with two attached hydrogens (primary N) is 1. The van der Waals surface area contributed by atoms with E-state index in [2.05, 4.69) is 12.2 Å². The van der Waals surface area contributed by atoms with Gasteiger partial charge in [-0.3, -0.25) is 4.79 Å². The molecule has 5 heteroatoms. The summed E-state index contributed by atoms with van der Waals surface area (Å²) in [5.41, 5.74) is 5.00. The summed E-state index contributed by atoms with van der Waals surface area (Å²) in [4.78, 5) is 12.6. The first-order chi connectivity index (χ1) is 8.44. The summed E-state index contributed by atoms with van der Waals surface area (Å²) in [6.07, 6.45) is 4.74. The number of rotatable bonds is 5. The van der Waals surface area contributed by atoms with Gasteiger partial charge in [0.15, 0.2) is 0 Å². The molecule has 2 rings (SSSR count). The molecular weight excluding hydrogens is 248 g/mol. The summed E-state index contributed by atoms with van der Waals surface area (Å²) in [5, 5.41) is 2.99. The second-order valence-electron chi connectivity index (χ2n) is 5.88. The molecule has 2 saturated carbocycles. The van der Waals surface area contributed by atoms with E-state index in [4.69, 9.17) is 22.7 Å². The van der Waals surface area contributed by atoms with Crippen molar-refractivity contribution in [2.45, 2.75) is 44.6 Å². The van der Waals surface area contributed by atoms with Crippen molar-refractivity contribution in [1.29, 1.82) is 0 Å². The van der Waals surface area contributed by atoms with E-state index in [0.29, 0.717) is 17.5 Å². The molecule has 0 aliphatic heterocycles. The summed E-state index contributed by atoms with van der Waals surface area (Å²) >= 11 is 5.07. The molecule has 0 aromatic rings. The molecule has 2 aliphatic carbocycles. The molecule has 0 saturated heterocycles. The maximum absolute atomic E-state index is 12.3. The average molecular weight is 270 g/mol. The van der Waals surface area contributed by atoms with Gasteiger partial charge in [-0.15, -0.1) is 0 Å². The molecule has 2 fully saturated rings. The van der Waals surface area contributed by atoms with Crippen molar-refractivity contribution in [3.63, 3.8) is 0 Å². The predicted molar refractivity (Wildman–Crippen MR) is 74.2 cm³/mol. The number of carbonyl (C=O) groups excluding carboxylic acids is 1. The highest BCUT2D eigenvalue weighted by atomic mass is 32.1. The highest BCUT2D eigenvalue weighted by Crippen LogP contribution is 2.46. The van der Waals surface area contributed by atoms with Crippen molar-refractivity contribution in [2.75, 3.05) is 13.7 Å². The number of methoxy groups -OCH3 is 1. The van der Waals surface area contributed by atoms with E-state index in [9.17, 15) is 4.79 Å². The second kappa shape index (κ2) is 4.78. The van der Waals surface area contributed by atoms with Crippen LogP contribution < -0.4 is 11.1 Å². The Bertz CT molecular complexity index is 354. The highest BCUT2D eigenvalue weighted by molar-refractivity contribution is 7.80. The van der Waals surface area contributed by atoms with Crippen LogP contribution in [0, 0.1) is 11.3 Å². The molecule has 4 nitrogen and oxygen atoms in total. The largest absolute Gasteiger partial charge is 0.392 e. The van der Waals surface area contributed by atoms with E-state index in [1.807, 2.05) is 0 Å². The Kier molecular flexibility index (Phi) is 3.65. The Morgan fingerprint density at radius 3 is 2.44 bits per heavy atom. The monoisotopic (exact) mass is 270 g/mol. The number of nitrogens with one attached hydrogen (secondary N) is 1. The van der Waals surface area contributed by atoms with Crippen molar-refractivity contribution >= 4 is 23.1 Å². The topological polar surface area (TPSA) is 64.3 Å². The Labute approximate surface area is 114 Å². The van der Waals surface area contributed by atoms with Crippen LogP contribution in [0.25, 0.3) is 0 Å². The number of carbonyl (C=O) groups is 1. The van der Waals surface area contributed by atoms with E-state index in [-0.39, 0.29) is 11.5 Å². The lowest BCUT2D eigenvalue weighted by atomic mass is 9.62. The van der Waals surface area contributed by atoms with Crippen LogP contribution in [0.4, 0.5) is 0 Å². The van der Waals surface area contributed by atoms with Crippen LogP contribution in [0.1, 0.15) is 39.0 Å². The second-order valence-corrected chi connectivity index (χ2v) is 6.32. The van der Waals surface area contributed by atoms with Crippen LogP contribution in [-0.4, -0.2) is 30.2 Å². The van der Waals surface area contributed by atoms with Gasteiger partial charge in [0.25, 0.3) is 0 Å². The Morgan fingerprint density at radius 2 is 2.11 bits per heavy atom. The lowest BCUT2D eigenvalue weighted by Gasteiger charge is -2.46. The summed E-state index contributed by atoms with van der Waals surface area (Å²) in [6.45, 7) is 2.69. The number of hydrogen-bond donors (Lipinski definition) is 2. The van der Waals surface area contributed by atoms with Crippen molar-refractivity contribution < 1.29 is 9.53 Å². The van der Waals surface area contributed by atoms with Crippen molar-refractivity contribution in [3.8, 4) is 0 Å². The van der Waals surface area contributed by atoms with Gasteiger partial charge >= 0.3 is 0 Å². The molecule has 0 radical (unpaired) electrons. The standard InChI is InChI=1S/C13H22N2O2S/c1-9-6-13(7-9,10(14)18)11(16)15-8-12(17-2)4-3-5-12/h9H,3-8H2,1-2H3,(H2,14,18)(H,15,16). The molecule has 2 aliphatic rings. The lowest BCUT2D eigenvalue weighted by Crippen LogP contribution is -2.59. The van der Waals surface area contributed by atoms with Crippen molar-refractivity contribution in [1.82, 2.24) is 5.32 Å². The van der Waals surface area contributed by atoms with Gasteiger partial charge in [-0.1, -0.05) is 19.1 Å². The first-order valence-electron chi connectivity index (χ1n) is 6.57. The van der Waals surface area contributed by atoms with Crippen LogP contribution in [0.3, 0.4) is 0 Å². The molecule has 1 amide bonds. The molecule has 3 N–H and O–H groups in total. The molecule has 0 aromatic carbocycles. The van der Waals surface area contributed by atoms with Gasteiger partial charge in [0, 0.05) is 13.7 Å². The van der Waals surface area contributed by atoms with Crippen LogP contribution in [0.5, 0.6) is 0 Å². The molecule has 0 unspecified atom stereocenters. The SMILES string of the molecule is COC1(CNC(=O)C2(C(N)=S)CC(C)C2)CCC1. The third-order valence-corrected chi connectivity index (χ3v) is 4.96. The van der Waals surface area contributed by atoms with E-state index >= 15 is 0 Å². The average Bonchev–Trinajstić information content (AvgIpc) is 2.22. The summed E-state index contributed by atoms with van der Waals surface area (Å²) in [5.74, 6) is 0.508. The lowest BCUT2D eigenvalue weighted by molar-refractivity contribution is -0.136. The predicted octanol–water partition coefficient (Wildman–Crippen LogP) is 1.37. The van der Waals surface area contributed by atoms with Gasteiger partial charge in [-0.25, -0.2) is 0 Å². The molecule has 0 heterocycles. The zero-order chi connectivity index (χ0) is 13.4. The van der Waals surface area contributed by atoms with E-state index in [0.717, 1.165) is 25.7 Å². The zero-order valence-electron chi connectivity index (χ0n) is 11.1. The summed E-state index contributed by atoms with van der Waals surface area (Å²) < 4.78 is 5.49. The van der Waals surface area contributed by atoms with Gasteiger partial charge in [-0.2, -0.15) is 0 Å². The van der Waals surface area contributed by atoms with E-state index in [1.165, 1.54) is 6.42 Å². The van der Waals surface area contributed by atoms with Crippen LogP contribution in [0.15, 0.2) is 0 Å². The molecule has 0 bridgehead atoms. The van der Waals surface area contributed by atoms with Crippen molar-refractivity contribution in [3.05, 3.63) is 0 Å². The minimum absolute atomic E-state index is 0.0172. The molecular formula is C13H22N2O2S. The number of thiocarbonyl (C=S) groups is 1. The Morgan fingerprint density at radius 1 is 1.50 bits per heavy atom. The fourth-order valence-corrected chi connectivity index (χ4v) is 3.32. The van der Waals surface area contributed by atoms with E-state index in [1.54, 1.807) is 7.11 Å². The Balaban J connectivity index is 1.93. The minimum atomic E-state index is -0.604.